The third kappa shape index (κ3) is 3.06. The van der Waals surface area contributed by atoms with Gasteiger partial charge >= 0.3 is 11.7 Å². The molecule has 0 atom stereocenters. The highest BCUT2D eigenvalue weighted by molar-refractivity contribution is 5.63. The minimum atomic E-state index is -0.557. The van der Waals surface area contributed by atoms with E-state index in [2.05, 4.69) is 9.97 Å². The van der Waals surface area contributed by atoms with Crippen molar-refractivity contribution in [1.82, 2.24) is 9.97 Å². The first-order valence-electron chi connectivity index (χ1n) is 6.52. The van der Waals surface area contributed by atoms with E-state index in [4.69, 9.17) is 4.74 Å². The van der Waals surface area contributed by atoms with Gasteiger partial charge in [-0.15, -0.1) is 0 Å². The van der Waals surface area contributed by atoms with E-state index in [9.17, 15) is 10.1 Å². The van der Waals surface area contributed by atoms with Crippen LogP contribution in [0.4, 0.5) is 5.69 Å². The lowest BCUT2D eigenvalue weighted by atomic mass is 10.1. The van der Waals surface area contributed by atoms with Gasteiger partial charge in [-0.1, -0.05) is 42.5 Å². The molecule has 0 aliphatic rings. The minimum Gasteiger partial charge on any atom is -0.424 e. The van der Waals surface area contributed by atoms with Crippen LogP contribution < -0.4 is 4.74 Å². The molecule has 2 aromatic carbocycles. The number of hydrogen-bond acceptors (Lipinski definition) is 5. The van der Waals surface area contributed by atoms with Gasteiger partial charge in [0.25, 0.3) is 0 Å². The largest absolute Gasteiger partial charge is 0.424 e. The number of ether oxygens (including phenoxy) is 1. The topological polar surface area (TPSA) is 78.2 Å². The summed E-state index contributed by atoms with van der Waals surface area (Å²) in [7, 11) is 0. The van der Waals surface area contributed by atoms with Gasteiger partial charge in [0.15, 0.2) is 0 Å². The van der Waals surface area contributed by atoms with E-state index < -0.39 is 4.92 Å². The summed E-state index contributed by atoms with van der Waals surface area (Å²) in [6, 6.07) is 17.5. The van der Waals surface area contributed by atoms with E-state index >= 15 is 0 Å². The average molecular weight is 293 g/mol. The van der Waals surface area contributed by atoms with Gasteiger partial charge in [0.1, 0.15) is 18.1 Å². The summed E-state index contributed by atoms with van der Waals surface area (Å²) < 4.78 is 5.46. The van der Waals surface area contributed by atoms with Crippen LogP contribution in [-0.2, 0) is 0 Å². The van der Waals surface area contributed by atoms with E-state index in [0.717, 1.165) is 23.5 Å². The van der Waals surface area contributed by atoms with Crippen LogP contribution in [0.25, 0.3) is 11.1 Å². The number of rotatable bonds is 4. The standard InChI is InChI=1S/C16H11N3O3/c20-19(21)14-10-17-16(18-11-14)22-15-8-6-13(7-9-15)12-4-2-1-3-5-12/h1-11H. The van der Waals surface area contributed by atoms with E-state index in [1.54, 1.807) is 12.1 Å². The number of hydrogen-bond donors (Lipinski definition) is 0. The summed E-state index contributed by atoms with van der Waals surface area (Å²) >= 11 is 0. The van der Waals surface area contributed by atoms with Gasteiger partial charge in [0.2, 0.25) is 0 Å². The highest BCUT2D eigenvalue weighted by Gasteiger charge is 2.08. The molecule has 0 unspecified atom stereocenters. The average Bonchev–Trinajstić information content (AvgIpc) is 2.57. The van der Waals surface area contributed by atoms with Gasteiger partial charge in [-0.2, -0.15) is 9.97 Å². The van der Waals surface area contributed by atoms with Crippen molar-refractivity contribution in [2.24, 2.45) is 0 Å². The highest BCUT2D eigenvalue weighted by Crippen LogP contribution is 2.24. The van der Waals surface area contributed by atoms with Crippen LogP contribution in [0.1, 0.15) is 0 Å². The molecule has 0 amide bonds. The summed E-state index contributed by atoms with van der Waals surface area (Å²) in [6.07, 6.45) is 2.22. The van der Waals surface area contributed by atoms with Gasteiger partial charge in [-0.3, -0.25) is 10.1 Å². The second-order valence-corrected chi connectivity index (χ2v) is 4.47. The first kappa shape index (κ1) is 13.7. The number of benzene rings is 2. The lowest BCUT2D eigenvalue weighted by Crippen LogP contribution is -1.94. The lowest BCUT2D eigenvalue weighted by molar-refractivity contribution is -0.385. The Labute approximate surface area is 126 Å². The molecule has 108 valence electrons. The summed E-state index contributed by atoms with van der Waals surface area (Å²) in [6.45, 7) is 0. The summed E-state index contributed by atoms with van der Waals surface area (Å²) in [5, 5.41) is 10.5. The fourth-order valence-electron chi connectivity index (χ4n) is 1.91. The van der Waals surface area contributed by atoms with Crippen molar-refractivity contribution in [3.8, 4) is 22.9 Å². The molecule has 0 bridgehead atoms. The van der Waals surface area contributed by atoms with Crippen molar-refractivity contribution in [2.45, 2.75) is 0 Å². The SMILES string of the molecule is O=[N+]([O-])c1cnc(Oc2ccc(-c3ccccc3)cc2)nc1. The van der Waals surface area contributed by atoms with Crippen molar-refractivity contribution in [2.75, 3.05) is 0 Å². The van der Waals surface area contributed by atoms with Gasteiger partial charge < -0.3 is 4.74 Å². The lowest BCUT2D eigenvalue weighted by Gasteiger charge is -2.05. The van der Waals surface area contributed by atoms with Crippen LogP contribution in [0, 0.1) is 10.1 Å². The number of aromatic nitrogens is 2. The molecule has 6 heteroatoms. The van der Waals surface area contributed by atoms with E-state index in [0.29, 0.717) is 5.75 Å². The van der Waals surface area contributed by atoms with Crippen molar-refractivity contribution in [3.63, 3.8) is 0 Å². The summed E-state index contributed by atoms with van der Waals surface area (Å²) in [5.41, 5.74) is 2.00. The maximum atomic E-state index is 10.5. The Morgan fingerprint density at radius 2 is 1.45 bits per heavy atom. The van der Waals surface area contributed by atoms with Crippen LogP contribution in [0.2, 0.25) is 0 Å². The van der Waals surface area contributed by atoms with Crippen LogP contribution in [-0.4, -0.2) is 14.9 Å². The van der Waals surface area contributed by atoms with Crippen LogP contribution >= 0.6 is 0 Å². The predicted octanol–water partition coefficient (Wildman–Crippen LogP) is 3.84. The molecule has 0 aliphatic carbocycles. The van der Waals surface area contributed by atoms with Crippen molar-refractivity contribution in [1.29, 1.82) is 0 Å². The molecule has 1 heterocycles. The Kier molecular flexibility index (Phi) is 3.74. The quantitative estimate of drug-likeness (QED) is 0.539. The summed E-state index contributed by atoms with van der Waals surface area (Å²) in [5.74, 6) is 0.563. The van der Waals surface area contributed by atoms with Gasteiger partial charge in [-0.25, -0.2) is 0 Å². The third-order valence-corrected chi connectivity index (χ3v) is 3.00. The Morgan fingerprint density at radius 3 is 2.05 bits per heavy atom. The minimum absolute atomic E-state index is 0.0676. The second-order valence-electron chi connectivity index (χ2n) is 4.47. The Hall–Kier alpha value is -3.28. The van der Waals surface area contributed by atoms with Crippen molar-refractivity contribution in [3.05, 3.63) is 77.1 Å². The van der Waals surface area contributed by atoms with Crippen molar-refractivity contribution < 1.29 is 9.66 Å². The number of nitro groups is 1. The fourth-order valence-corrected chi connectivity index (χ4v) is 1.91. The maximum absolute atomic E-state index is 10.5. The molecule has 0 saturated heterocycles. The zero-order valence-corrected chi connectivity index (χ0v) is 11.4. The molecule has 22 heavy (non-hydrogen) atoms. The van der Waals surface area contributed by atoms with E-state index in [-0.39, 0.29) is 11.7 Å². The van der Waals surface area contributed by atoms with Gasteiger partial charge in [0, 0.05) is 0 Å². The Bertz CT molecular complexity index is 772. The second kappa shape index (κ2) is 6.01. The molecule has 0 N–H and O–H groups in total. The summed E-state index contributed by atoms with van der Waals surface area (Å²) in [4.78, 5) is 17.6. The Balaban J connectivity index is 1.75. The molecule has 0 aliphatic heterocycles. The maximum Gasteiger partial charge on any atom is 0.322 e. The van der Waals surface area contributed by atoms with E-state index in [1.165, 1.54) is 0 Å². The normalized spacial score (nSPS) is 10.2. The van der Waals surface area contributed by atoms with Gasteiger partial charge in [0.05, 0.1) is 4.92 Å². The number of nitrogens with zero attached hydrogens (tertiary/aromatic N) is 3. The molecule has 3 aromatic rings. The smallest absolute Gasteiger partial charge is 0.322 e. The molecule has 0 spiro atoms. The predicted molar refractivity (Wildman–Crippen MR) is 80.6 cm³/mol. The first-order valence-corrected chi connectivity index (χ1v) is 6.52. The Morgan fingerprint density at radius 1 is 0.864 bits per heavy atom. The molecule has 0 saturated carbocycles. The molecule has 6 nitrogen and oxygen atoms in total. The van der Waals surface area contributed by atoms with Gasteiger partial charge in [-0.05, 0) is 23.3 Å². The fraction of sp³-hybridized carbons (Fsp3) is 0. The third-order valence-electron chi connectivity index (χ3n) is 3.00. The molecule has 0 fully saturated rings. The van der Waals surface area contributed by atoms with Crippen LogP contribution in [0.5, 0.6) is 11.8 Å². The molecular formula is C16H11N3O3. The zero-order valence-electron chi connectivity index (χ0n) is 11.4. The van der Waals surface area contributed by atoms with Crippen LogP contribution in [0.15, 0.2) is 67.0 Å². The van der Waals surface area contributed by atoms with E-state index in [1.807, 2.05) is 42.5 Å². The highest BCUT2D eigenvalue weighted by atomic mass is 16.6. The zero-order chi connectivity index (χ0) is 15.4. The monoisotopic (exact) mass is 293 g/mol. The molecule has 3 rings (SSSR count). The molecule has 0 radical (unpaired) electrons. The first-order chi connectivity index (χ1) is 10.7. The molecular weight excluding hydrogens is 282 g/mol. The van der Waals surface area contributed by atoms with Crippen molar-refractivity contribution >= 4 is 5.69 Å². The molecule has 1 aromatic heterocycles. The van der Waals surface area contributed by atoms with Crippen LogP contribution in [0.3, 0.4) is 0 Å².